The Morgan fingerprint density at radius 2 is 1.00 bits per heavy atom. The highest BCUT2D eigenvalue weighted by Crippen LogP contribution is 2.34. The van der Waals surface area contributed by atoms with Crippen LogP contribution in [-0.4, -0.2) is 32.2 Å². The lowest BCUT2D eigenvalue weighted by Gasteiger charge is -2.14. The van der Waals surface area contributed by atoms with Crippen LogP contribution in [0.5, 0.6) is 23.0 Å². The van der Waals surface area contributed by atoms with Gasteiger partial charge in [-0.2, -0.15) is 0 Å². The minimum atomic E-state index is -0.743. The van der Waals surface area contributed by atoms with Crippen molar-refractivity contribution in [3.63, 3.8) is 0 Å². The fourth-order valence-electron chi connectivity index (χ4n) is 3.13. The Bertz CT molecular complexity index is 1210. The molecule has 34 heavy (non-hydrogen) atoms. The van der Waals surface area contributed by atoms with Crippen molar-refractivity contribution in [1.82, 2.24) is 20.9 Å². The van der Waals surface area contributed by atoms with E-state index in [4.69, 9.17) is 19.9 Å². The second-order valence-corrected chi connectivity index (χ2v) is 6.87. The van der Waals surface area contributed by atoms with Gasteiger partial charge in [0.25, 0.3) is 11.8 Å². The van der Waals surface area contributed by atoms with Crippen LogP contribution in [0, 0.1) is 0 Å². The molecule has 0 fully saturated rings. The SMILES string of the molecule is O=C(NO)c1ccc(-c2ccc(C(=O)NO)c(Oc3ccncc3)c2)cc1Oc1ccncc1. The molecule has 0 radical (unpaired) electrons. The molecule has 170 valence electrons. The smallest absolute Gasteiger partial charge is 0.278 e. The lowest BCUT2D eigenvalue weighted by atomic mass is 10.0. The number of carbonyl (C=O) groups excluding carboxylic acids is 2. The Morgan fingerprint density at radius 3 is 1.35 bits per heavy atom. The molecule has 0 aliphatic carbocycles. The number of rotatable bonds is 7. The average molecular weight is 458 g/mol. The van der Waals surface area contributed by atoms with Gasteiger partial charge in [-0.1, -0.05) is 12.1 Å². The summed E-state index contributed by atoms with van der Waals surface area (Å²) in [6, 6.07) is 16.0. The molecular weight excluding hydrogens is 440 g/mol. The van der Waals surface area contributed by atoms with E-state index in [0.29, 0.717) is 22.6 Å². The Hall–Kier alpha value is -4.80. The number of hydrogen-bond acceptors (Lipinski definition) is 8. The Kier molecular flexibility index (Phi) is 6.73. The number of nitrogens with zero attached hydrogens (tertiary/aromatic N) is 2. The molecule has 0 atom stereocenters. The third kappa shape index (κ3) is 4.99. The molecule has 0 aliphatic heterocycles. The minimum Gasteiger partial charge on any atom is -0.456 e. The highest BCUT2D eigenvalue weighted by Gasteiger charge is 2.17. The summed E-state index contributed by atoms with van der Waals surface area (Å²) < 4.78 is 11.7. The van der Waals surface area contributed by atoms with E-state index in [1.54, 1.807) is 84.3 Å². The van der Waals surface area contributed by atoms with E-state index < -0.39 is 11.8 Å². The van der Waals surface area contributed by atoms with Crippen LogP contribution in [0.15, 0.2) is 85.5 Å². The summed E-state index contributed by atoms with van der Waals surface area (Å²) in [5.41, 5.74) is 4.69. The van der Waals surface area contributed by atoms with Crippen LogP contribution >= 0.6 is 0 Å². The maximum absolute atomic E-state index is 12.1. The van der Waals surface area contributed by atoms with Gasteiger partial charge in [0, 0.05) is 24.8 Å². The van der Waals surface area contributed by atoms with Crippen molar-refractivity contribution in [2.45, 2.75) is 0 Å². The summed E-state index contributed by atoms with van der Waals surface area (Å²) in [5.74, 6) is -0.237. The van der Waals surface area contributed by atoms with Gasteiger partial charge in [0.15, 0.2) is 0 Å². The number of hydrogen-bond donors (Lipinski definition) is 4. The predicted molar refractivity (Wildman–Crippen MR) is 119 cm³/mol. The van der Waals surface area contributed by atoms with Crippen LogP contribution in [0.3, 0.4) is 0 Å². The van der Waals surface area contributed by atoms with E-state index >= 15 is 0 Å². The fourth-order valence-corrected chi connectivity index (χ4v) is 3.13. The van der Waals surface area contributed by atoms with Gasteiger partial charge in [0.1, 0.15) is 23.0 Å². The summed E-state index contributed by atoms with van der Waals surface area (Å²) in [6.07, 6.45) is 6.16. The van der Waals surface area contributed by atoms with Crippen molar-refractivity contribution in [2.75, 3.05) is 0 Å². The van der Waals surface area contributed by atoms with Crippen LogP contribution in [-0.2, 0) is 0 Å². The molecule has 0 unspecified atom stereocenters. The van der Waals surface area contributed by atoms with Gasteiger partial charge in [-0.15, -0.1) is 0 Å². The maximum atomic E-state index is 12.1. The molecular formula is C24H18N4O6. The third-order valence-electron chi connectivity index (χ3n) is 4.74. The van der Waals surface area contributed by atoms with Crippen LogP contribution in [0.25, 0.3) is 11.1 Å². The van der Waals surface area contributed by atoms with Gasteiger partial charge < -0.3 is 9.47 Å². The Balaban J connectivity index is 1.77. The quantitative estimate of drug-likeness (QED) is 0.241. The molecule has 0 saturated heterocycles. The van der Waals surface area contributed by atoms with Crippen molar-refractivity contribution >= 4 is 11.8 Å². The minimum absolute atomic E-state index is 0.104. The largest absolute Gasteiger partial charge is 0.456 e. The van der Waals surface area contributed by atoms with E-state index in [0.717, 1.165) is 0 Å². The second-order valence-electron chi connectivity index (χ2n) is 6.87. The van der Waals surface area contributed by atoms with Crippen LogP contribution in [0.2, 0.25) is 0 Å². The molecule has 0 bridgehead atoms. The standard InChI is InChI=1S/C24H18N4O6/c29-23(27-31)19-3-1-15(13-21(19)33-17-5-9-25-10-6-17)16-2-4-20(24(30)28-32)22(14-16)34-18-7-11-26-12-8-18/h1-14,31-32H,(H,27,29)(H,28,30). The zero-order valence-electron chi connectivity index (χ0n) is 17.5. The summed E-state index contributed by atoms with van der Waals surface area (Å²) in [7, 11) is 0. The number of pyridine rings is 2. The molecule has 0 spiro atoms. The summed E-state index contributed by atoms with van der Waals surface area (Å²) in [6.45, 7) is 0. The van der Waals surface area contributed by atoms with Crippen molar-refractivity contribution in [3.05, 3.63) is 96.6 Å². The number of aromatic nitrogens is 2. The topological polar surface area (TPSA) is 143 Å². The Labute approximate surface area is 193 Å². The molecule has 2 heterocycles. The fraction of sp³-hybridized carbons (Fsp3) is 0. The first kappa shape index (κ1) is 22.4. The zero-order valence-corrected chi connectivity index (χ0v) is 17.5. The van der Waals surface area contributed by atoms with E-state index in [-0.39, 0.29) is 22.6 Å². The molecule has 2 aromatic carbocycles. The number of amides is 2. The maximum Gasteiger partial charge on any atom is 0.278 e. The number of benzene rings is 2. The number of ether oxygens (including phenoxy) is 2. The average Bonchev–Trinajstić information content (AvgIpc) is 2.89. The van der Waals surface area contributed by atoms with Gasteiger partial charge in [-0.05, 0) is 59.7 Å². The van der Waals surface area contributed by atoms with E-state index in [1.165, 1.54) is 12.1 Å². The van der Waals surface area contributed by atoms with Crippen molar-refractivity contribution in [1.29, 1.82) is 0 Å². The molecule has 4 aromatic rings. The lowest BCUT2D eigenvalue weighted by Crippen LogP contribution is -2.19. The molecule has 2 aromatic heterocycles. The van der Waals surface area contributed by atoms with Crippen LogP contribution < -0.4 is 20.4 Å². The first-order chi connectivity index (χ1) is 16.6. The normalized spacial score (nSPS) is 10.3. The monoisotopic (exact) mass is 458 g/mol. The molecule has 4 rings (SSSR count). The van der Waals surface area contributed by atoms with E-state index in [2.05, 4.69) is 9.97 Å². The molecule has 2 amide bonds. The first-order valence-corrected chi connectivity index (χ1v) is 9.92. The zero-order chi connectivity index (χ0) is 23.9. The highest BCUT2D eigenvalue weighted by molar-refractivity contribution is 5.98. The Morgan fingerprint density at radius 1 is 0.618 bits per heavy atom. The van der Waals surface area contributed by atoms with Crippen molar-refractivity contribution < 1.29 is 29.5 Å². The highest BCUT2D eigenvalue weighted by atomic mass is 16.5. The van der Waals surface area contributed by atoms with Crippen LogP contribution in [0.1, 0.15) is 20.7 Å². The second kappa shape index (κ2) is 10.2. The molecule has 0 saturated carbocycles. The van der Waals surface area contributed by atoms with Crippen LogP contribution in [0.4, 0.5) is 0 Å². The molecule has 4 N–H and O–H groups in total. The van der Waals surface area contributed by atoms with Crippen molar-refractivity contribution in [2.24, 2.45) is 0 Å². The predicted octanol–water partition coefficient (Wildman–Crippen LogP) is 3.97. The summed E-state index contributed by atoms with van der Waals surface area (Å²) in [4.78, 5) is 32.1. The molecule has 0 aliphatic rings. The summed E-state index contributed by atoms with van der Waals surface area (Å²) in [5, 5.41) is 18.2. The van der Waals surface area contributed by atoms with Crippen molar-refractivity contribution in [3.8, 4) is 34.1 Å². The van der Waals surface area contributed by atoms with E-state index in [9.17, 15) is 9.59 Å². The molecule has 10 nitrogen and oxygen atoms in total. The number of hydroxylamine groups is 2. The van der Waals surface area contributed by atoms with E-state index in [1.807, 2.05) is 0 Å². The lowest BCUT2D eigenvalue weighted by molar-refractivity contribution is 0.0699. The van der Waals surface area contributed by atoms with Gasteiger partial charge in [-0.3, -0.25) is 30.0 Å². The van der Waals surface area contributed by atoms with Gasteiger partial charge in [0.2, 0.25) is 0 Å². The van der Waals surface area contributed by atoms with Gasteiger partial charge in [-0.25, -0.2) is 11.0 Å². The van der Waals surface area contributed by atoms with Gasteiger partial charge in [0.05, 0.1) is 11.1 Å². The number of nitrogens with one attached hydrogen (secondary N) is 2. The number of carbonyl (C=O) groups is 2. The van der Waals surface area contributed by atoms with Gasteiger partial charge >= 0.3 is 0 Å². The molecule has 10 heteroatoms. The summed E-state index contributed by atoms with van der Waals surface area (Å²) >= 11 is 0. The first-order valence-electron chi connectivity index (χ1n) is 9.92. The third-order valence-corrected chi connectivity index (χ3v) is 4.74.